The standard InChI is InChI=1S/C64H124O6/c1-58(2)50-44-38-32-26-20-14-9-7-8-10-17-23-29-35-41-47-53-62(65)68-56-61(70-64(67)55-49-43-37-31-25-19-13-16-22-28-34-40-46-52-60(5)6)57-69-63(66)54-48-42-36-30-24-18-12-11-15-21-27-33-39-45-51-59(3)4/h58-61H,7-57H2,1-6H3/t61-/m1/s1. The summed E-state index contributed by atoms with van der Waals surface area (Å²) in [6.07, 6.45) is 59.6. The monoisotopic (exact) mass is 989 g/mol. The molecule has 0 saturated carbocycles. The maximum Gasteiger partial charge on any atom is 0.306 e. The summed E-state index contributed by atoms with van der Waals surface area (Å²) in [5, 5.41) is 0. The highest BCUT2D eigenvalue weighted by Gasteiger charge is 2.19. The van der Waals surface area contributed by atoms with E-state index in [0.717, 1.165) is 75.5 Å². The summed E-state index contributed by atoms with van der Waals surface area (Å²) in [4.78, 5) is 38.3. The van der Waals surface area contributed by atoms with Crippen LogP contribution in [0, 0.1) is 17.8 Å². The van der Waals surface area contributed by atoms with E-state index in [9.17, 15) is 14.4 Å². The van der Waals surface area contributed by atoms with Crippen LogP contribution in [0.1, 0.15) is 356 Å². The van der Waals surface area contributed by atoms with Gasteiger partial charge in [-0.1, -0.05) is 318 Å². The Balaban J connectivity index is 4.29. The van der Waals surface area contributed by atoms with Crippen LogP contribution in [0.25, 0.3) is 0 Å². The highest BCUT2D eigenvalue weighted by atomic mass is 16.6. The van der Waals surface area contributed by atoms with Crippen LogP contribution in [-0.2, 0) is 28.6 Å². The summed E-state index contributed by atoms with van der Waals surface area (Å²) in [6, 6.07) is 0. The largest absolute Gasteiger partial charge is 0.462 e. The van der Waals surface area contributed by atoms with Gasteiger partial charge in [0.25, 0.3) is 0 Å². The summed E-state index contributed by atoms with van der Waals surface area (Å²) < 4.78 is 17.0. The van der Waals surface area contributed by atoms with Gasteiger partial charge >= 0.3 is 17.9 Å². The van der Waals surface area contributed by atoms with Gasteiger partial charge in [-0.2, -0.15) is 0 Å². The third-order valence-electron chi connectivity index (χ3n) is 14.6. The highest BCUT2D eigenvalue weighted by Crippen LogP contribution is 2.19. The molecule has 0 aromatic rings. The van der Waals surface area contributed by atoms with Crippen LogP contribution in [0.2, 0.25) is 0 Å². The molecule has 0 saturated heterocycles. The fourth-order valence-electron chi connectivity index (χ4n) is 9.88. The summed E-state index contributed by atoms with van der Waals surface area (Å²) >= 11 is 0. The van der Waals surface area contributed by atoms with Crippen LogP contribution in [0.4, 0.5) is 0 Å². The molecule has 0 bridgehead atoms. The first-order valence-corrected chi connectivity index (χ1v) is 31.6. The molecule has 0 radical (unpaired) electrons. The average Bonchev–Trinajstić information content (AvgIpc) is 3.32. The normalized spacial score (nSPS) is 12.1. The number of ether oxygens (including phenoxy) is 3. The predicted molar refractivity (Wildman–Crippen MR) is 303 cm³/mol. The molecular formula is C64H124O6. The van der Waals surface area contributed by atoms with Gasteiger partial charge in [-0.25, -0.2) is 0 Å². The minimum absolute atomic E-state index is 0.0626. The Morgan fingerprint density at radius 2 is 0.414 bits per heavy atom. The Kier molecular flexibility index (Phi) is 53.9. The van der Waals surface area contributed by atoms with E-state index in [-0.39, 0.29) is 31.1 Å². The van der Waals surface area contributed by atoms with Gasteiger partial charge in [-0.05, 0) is 37.0 Å². The van der Waals surface area contributed by atoms with Crippen molar-refractivity contribution in [2.45, 2.75) is 362 Å². The molecular weight excluding hydrogens is 865 g/mol. The van der Waals surface area contributed by atoms with Crippen LogP contribution >= 0.6 is 0 Å². The predicted octanol–water partition coefficient (Wildman–Crippen LogP) is 21.1. The Bertz CT molecular complexity index is 1090. The molecule has 0 aliphatic carbocycles. The fourth-order valence-corrected chi connectivity index (χ4v) is 9.88. The second kappa shape index (κ2) is 55.2. The lowest BCUT2D eigenvalue weighted by atomic mass is 10.0. The molecule has 0 heterocycles. The zero-order chi connectivity index (χ0) is 51.2. The van der Waals surface area contributed by atoms with Crippen molar-refractivity contribution in [2.24, 2.45) is 17.8 Å². The number of hydrogen-bond acceptors (Lipinski definition) is 6. The first-order chi connectivity index (χ1) is 34.1. The summed E-state index contributed by atoms with van der Waals surface area (Å²) in [6.45, 7) is 13.8. The van der Waals surface area contributed by atoms with E-state index >= 15 is 0 Å². The average molecular weight is 990 g/mol. The molecule has 0 aromatic heterocycles. The van der Waals surface area contributed by atoms with Crippen molar-refractivity contribution >= 4 is 17.9 Å². The summed E-state index contributed by atoms with van der Waals surface area (Å²) in [5.74, 6) is 1.70. The van der Waals surface area contributed by atoms with Crippen LogP contribution in [0.5, 0.6) is 0 Å². The van der Waals surface area contributed by atoms with Crippen molar-refractivity contribution in [1.82, 2.24) is 0 Å². The number of carbonyl (C=O) groups is 3. The van der Waals surface area contributed by atoms with Gasteiger partial charge < -0.3 is 14.2 Å². The van der Waals surface area contributed by atoms with Crippen molar-refractivity contribution in [3.05, 3.63) is 0 Å². The fraction of sp³-hybridized carbons (Fsp3) is 0.953. The van der Waals surface area contributed by atoms with Gasteiger partial charge in [0, 0.05) is 19.3 Å². The SMILES string of the molecule is CC(C)CCCCCCCCCCCCCCCCCCC(=O)OC[C@H](COC(=O)CCCCCCCCCCCCCCCCC(C)C)OC(=O)CCCCCCCCCCCCCCCC(C)C. The van der Waals surface area contributed by atoms with Gasteiger partial charge in [-0.15, -0.1) is 0 Å². The minimum atomic E-state index is -0.764. The van der Waals surface area contributed by atoms with E-state index in [1.165, 1.54) is 238 Å². The van der Waals surface area contributed by atoms with E-state index in [0.29, 0.717) is 19.3 Å². The second-order valence-electron chi connectivity index (χ2n) is 23.5. The first kappa shape index (κ1) is 68.4. The van der Waals surface area contributed by atoms with Gasteiger partial charge in [0.1, 0.15) is 13.2 Å². The minimum Gasteiger partial charge on any atom is -0.462 e. The third-order valence-corrected chi connectivity index (χ3v) is 14.6. The molecule has 0 fully saturated rings. The maximum absolute atomic E-state index is 12.9. The molecule has 0 aromatic carbocycles. The van der Waals surface area contributed by atoms with E-state index in [4.69, 9.17) is 14.2 Å². The molecule has 0 spiro atoms. The molecule has 1 atom stereocenters. The van der Waals surface area contributed by atoms with Crippen LogP contribution in [-0.4, -0.2) is 37.2 Å². The van der Waals surface area contributed by atoms with Crippen LogP contribution in [0.15, 0.2) is 0 Å². The molecule has 0 unspecified atom stereocenters. The van der Waals surface area contributed by atoms with Gasteiger partial charge in [0.05, 0.1) is 0 Å². The molecule has 0 amide bonds. The van der Waals surface area contributed by atoms with Crippen molar-refractivity contribution in [2.75, 3.05) is 13.2 Å². The van der Waals surface area contributed by atoms with E-state index in [1.807, 2.05) is 0 Å². The summed E-state index contributed by atoms with van der Waals surface area (Å²) in [7, 11) is 0. The van der Waals surface area contributed by atoms with Crippen molar-refractivity contribution in [3.8, 4) is 0 Å². The number of carbonyl (C=O) groups excluding carboxylic acids is 3. The molecule has 6 heteroatoms. The second-order valence-corrected chi connectivity index (χ2v) is 23.5. The number of rotatable bonds is 57. The zero-order valence-corrected chi connectivity index (χ0v) is 48.3. The molecule has 0 aliphatic rings. The lowest BCUT2D eigenvalue weighted by Crippen LogP contribution is -2.30. The highest BCUT2D eigenvalue weighted by molar-refractivity contribution is 5.71. The molecule has 0 rings (SSSR count). The van der Waals surface area contributed by atoms with Crippen molar-refractivity contribution in [3.63, 3.8) is 0 Å². The van der Waals surface area contributed by atoms with E-state index < -0.39 is 6.10 Å². The summed E-state index contributed by atoms with van der Waals surface area (Å²) in [5.41, 5.74) is 0. The van der Waals surface area contributed by atoms with Gasteiger partial charge in [0.2, 0.25) is 0 Å². The van der Waals surface area contributed by atoms with Gasteiger partial charge in [0.15, 0.2) is 6.10 Å². The Morgan fingerprint density at radius 1 is 0.243 bits per heavy atom. The van der Waals surface area contributed by atoms with E-state index in [2.05, 4.69) is 41.5 Å². The lowest BCUT2D eigenvalue weighted by Gasteiger charge is -2.18. The lowest BCUT2D eigenvalue weighted by molar-refractivity contribution is -0.167. The molecule has 70 heavy (non-hydrogen) atoms. The molecule has 416 valence electrons. The third kappa shape index (κ3) is 57.3. The first-order valence-electron chi connectivity index (χ1n) is 31.6. The zero-order valence-electron chi connectivity index (χ0n) is 48.3. The molecule has 0 N–H and O–H groups in total. The quantitative estimate of drug-likeness (QED) is 0.0343. The van der Waals surface area contributed by atoms with Crippen LogP contribution in [0.3, 0.4) is 0 Å². The topological polar surface area (TPSA) is 78.9 Å². The van der Waals surface area contributed by atoms with Crippen molar-refractivity contribution < 1.29 is 28.6 Å². The van der Waals surface area contributed by atoms with E-state index in [1.54, 1.807) is 0 Å². The van der Waals surface area contributed by atoms with Crippen LogP contribution < -0.4 is 0 Å². The number of unbranched alkanes of at least 4 members (excludes halogenated alkanes) is 40. The number of esters is 3. The molecule has 0 aliphatic heterocycles. The Hall–Kier alpha value is -1.59. The Morgan fingerprint density at radius 3 is 0.614 bits per heavy atom. The smallest absolute Gasteiger partial charge is 0.306 e. The molecule has 6 nitrogen and oxygen atoms in total. The van der Waals surface area contributed by atoms with Gasteiger partial charge in [-0.3, -0.25) is 14.4 Å². The Labute approximate surface area is 438 Å². The number of hydrogen-bond donors (Lipinski definition) is 0. The van der Waals surface area contributed by atoms with Crippen molar-refractivity contribution in [1.29, 1.82) is 0 Å². The maximum atomic E-state index is 12.9.